The highest BCUT2D eigenvalue weighted by Crippen LogP contribution is 2.30. The number of hydrogen-bond acceptors (Lipinski definition) is 5. The summed E-state index contributed by atoms with van der Waals surface area (Å²) in [5.41, 5.74) is 5.72. The summed E-state index contributed by atoms with van der Waals surface area (Å²) in [4.78, 5) is 29.6. The summed E-state index contributed by atoms with van der Waals surface area (Å²) in [5, 5.41) is 11.3. The molecule has 6 rings (SSSR count). The van der Waals surface area contributed by atoms with Crippen molar-refractivity contribution in [2.45, 2.75) is 32.1 Å². The van der Waals surface area contributed by atoms with Crippen LogP contribution < -0.4 is 5.32 Å². The first-order valence-corrected chi connectivity index (χ1v) is 11.3. The second-order valence-electron chi connectivity index (χ2n) is 8.58. The molecule has 8 heteroatoms. The van der Waals surface area contributed by atoms with E-state index in [-0.39, 0.29) is 11.8 Å². The molecule has 1 amide bonds. The number of imidazole rings is 1. The molecule has 0 spiro atoms. The van der Waals surface area contributed by atoms with Crippen molar-refractivity contribution in [3.63, 3.8) is 0 Å². The maximum atomic E-state index is 12.7. The lowest BCUT2D eigenvalue weighted by Crippen LogP contribution is -2.24. The van der Waals surface area contributed by atoms with Crippen LogP contribution in [0.4, 0.5) is 5.69 Å². The topological polar surface area (TPSA) is 112 Å². The Morgan fingerprint density at radius 1 is 1.00 bits per heavy atom. The SMILES string of the molecule is O=C(Nc1cncc(-c2cnc3n[nH]c(-c4nc5ccccc5[nH]4)c3c2)c1)C1CCCCC1. The van der Waals surface area contributed by atoms with Crippen molar-refractivity contribution in [1.29, 1.82) is 0 Å². The van der Waals surface area contributed by atoms with Gasteiger partial charge in [0.05, 0.1) is 28.3 Å². The molecular formula is C25H23N7O. The molecule has 0 unspecified atom stereocenters. The summed E-state index contributed by atoms with van der Waals surface area (Å²) in [7, 11) is 0. The monoisotopic (exact) mass is 437 g/mol. The molecule has 4 aromatic heterocycles. The first-order valence-electron chi connectivity index (χ1n) is 11.3. The smallest absolute Gasteiger partial charge is 0.227 e. The molecule has 4 heterocycles. The summed E-state index contributed by atoms with van der Waals surface area (Å²) in [6.07, 6.45) is 10.6. The largest absolute Gasteiger partial charge is 0.337 e. The van der Waals surface area contributed by atoms with Crippen LogP contribution in [0.25, 0.3) is 44.7 Å². The predicted molar refractivity (Wildman–Crippen MR) is 127 cm³/mol. The second kappa shape index (κ2) is 8.12. The average molecular weight is 438 g/mol. The van der Waals surface area contributed by atoms with Crippen molar-refractivity contribution in [3.8, 4) is 22.6 Å². The van der Waals surface area contributed by atoms with Crippen LogP contribution in [0.15, 0.2) is 55.0 Å². The molecule has 0 atom stereocenters. The zero-order valence-corrected chi connectivity index (χ0v) is 18.0. The van der Waals surface area contributed by atoms with E-state index in [0.29, 0.717) is 17.2 Å². The molecule has 0 saturated heterocycles. The number of nitrogens with zero attached hydrogens (tertiary/aromatic N) is 4. The fraction of sp³-hybridized carbons (Fsp3) is 0.240. The first-order chi connectivity index (χ1) is 16.2. The van der Waals surface area contributed by atoms with Crippen LogP contribution in [0.1, 0.15) is 32.1 Å². The van der Waals surface area contributed by atoms with E-state index in [4.69, 9.17) is 0 Å². The normalized spacial score (nSPS) is 14.7. The zero-order chi connectivity index (χ0) is 22.2. The van der Waals surface area contributed by atoms with Crippen molar-refractivity contribution in [1.82, 2.24) is 30.1 Å². The minimum Gasteiger partial charge on any atom is -0.337 e. The Morgan fingerprint density at radius 3 is 2.73 bits per heavy atom. The molecule has 1 aliphatic rings. The van der Waals surface area contributed by atoms with E-state index in [1.165, 1.54) is 6.42 Å². The zero-order valence-electron chi connectivity index (χ0n) is 18.0. The summed E-state index contributed by atoms with van der Waals surface area (Å²) in [5.74, 6) is 0.895. The van der Waals surface area contributed by atoms with Crippen LogP contribution in [-0.2, 0) is 4.79 Å². The third-order valence-electron chi connectivity index (χ3n) is 6.35. The van der Waals surface area contributed by atoms with Gasteiger partial charge in [-0.3, -0.25) is 14.9 Å². The molecule has 5 aromatic rings. The highest BCUT2D eigenvalue weighted by Gasteiger charge is 2.21. The van der Waals surface area contributed by atoms with Gasteiger partial charge in [0.2, 0.25) is 5.91 Å². The highest BCUT2D eigenvalue weighted by atomic mass is 16.1. The van der Waals surface area contributed by atoms with Gasteiger partial charge < -0.3 is 10.3 Å². The minimum atomic E-state index is 0.0873. The van der Waals surface area contributed by atoms with Crippen molar-refractivity contribution >= 4 is 33.7 Å². The van der Waals surface area contributed by atoms with E-state index in [2.05, 4.69) is 35.5 Å². The van der Waals surface area contributed by atoms with Gasteiger partial charge >= 0.3 is 0 Å². The van der Waals surface area contributed by atoms with Gasteiger partial charge in [-0.25, -0.2) is 9.97 Å². The van der Waals surface area contributed by atoms with Crippen molar-refractivity contribution in [2.75, 3.05) is 5.32 Å². The Labute approximate surface area is 189 Å². The van der Waals surface area contributed by atoms with Crippen LogP contribution in [0, 0.1) is 5.92 Å². The van der Waals surface area contributed by atoms with Gasteiger partial charge in [-0.15, -0.1) is 0 Å². The number of fused-ring (bicyclic) bond motifs is 2. The third-order valence-corrected chi connectivity index (χ3v) is 6.35. The Hall–Kier alpha value is -4.07. The minimum absolute atomic E-state index is 0.0873. The van der Waals surface area contributed by atoms with E-state index >= 15 is 0 Å². The molecule has 164 valence electrons. The molecule has 0 bridgehead atoms. The maximum absolute atomic E-state index is 12.7. The fourth-order valence-corrected chi connectivity index (χ4v) is 4.58. The van der Waals surface area contributed by atoms with Crippen LogP contribution >= 0.6 is 0 Å². The molecule has 0 aliphatic heterocycles. The lowest BCUT2D eigenvalue weighted by atomic mass is 9.88. The molecule has 8 nitrogen and oxygen atoms in total. The number of para-hydroxylation sites is 2. The van der Waals surface area contributed by atoms with E-state index in [1.807, 2.05) is 36.4 Å². The Balaban J connectivity index is 1.32. The lowest BCUT2D eigenvalue weighted by molar-refractivity contribution is -0.120. The number of hydrogen-bond donors (Lipinski definition) is 3. The number of aromatic amines is 2. The molecule has 1 saturated carbocycles. The number of pyridine rings is 2. The van der Waals surface area contributed by atoms with E-state index in [9.17, 15) is 4.79 Å². The molecular weight excluding hydrogens is 414 g/mol. The summed E-state index contributed by atoms with van der Waals surface area (Å²) >= 11 is 0. The van der Waals surface area contributed by atoms with Gasteiger partial charge in [-0.05, 0) is 37.1 Å². The van der Waals surface area contributed by atoms with Crippen LogP contribution in [0.2, 0.25) is 0 Å². The van der Waals surface area contributed by atoms with Crippen molar-refractivity contribution < 1.29 is 4.79 Å². The maximum Gasteiger partial charge on any atom is 0.227 e. The molecule has 3 N–H and O–H groups in total. The quantitative estimate of drug-likeness (QED) is 0.363. The number of H-pyrrole nitrogens is 2. The standard InChI is InChI=1S/C25H23N7O/c33-25(15-6-2-1-3-7-15)28-18-10-16(12-26-14-18)17-11-19-22(31-32-23(19)27-13-17)24-29-20-8-4-5-9-21(20)30-24/h4-5,8-15H,1-3,6-7H2,(H,28,33)(H,29,30)(H,27,31,32). The number of nitrogens with one attached hydrogen (secondary N) is 3. The van der Waals surface area contributed by atoms with Crippen LogP contribution in [-0.4, -0.2) is 36.0 Å². The van der Waals surface area contributed by atoms with E-state index in [0.717, 1.165) is 58.9 Å². The molecule has 1 aliphatic carbocycles. The molecule has 1 fully saturated rings. The van der Waals surface area contributed by atoms with Gasteiger partial charge in [0.25, 0.3) is 0 Å². The van der Waals surface area contributed by atoms with Gasteiger partial charge in [-0.2, -0.15) is 5.10 Å². The number of amides is 1. The molecule has 0 radical (unpaired) electrons. The summed E-state index contributed by atoms with van der Waals surface area (Å²) in [6.45, 7) is 0. The number of carbonyl (C=O) groups is 1. The van der Waals surface area contributed by atoms with Crippen LogP contribution in [0.3, 0.4) is 0 Å². The van der Waals surface area contributed by atoms with E-state index in [1.54, 1.807) is 18.6 Å². The van der Waals surface area contributed by atoms with Gasteiger partial charge in [0.15, 0.2) is 11.5 Å². The third kappa shape index (κ3) is 3.73. The number of anilines is 1. The Bertz CT molecular complexity index is 1430. The number of aromatic nitrogens is 6. The Kier molecular flexibility index (Phi) is 4.83. The summed E-state index contributed by atoms with van der Waals surface area (Å²) < 4.78 is 0. The highest BCUT2D eigenvalue weighted by molar-refractivity contribution is 5.95. The average Bonchev–Trinajstić information content (AvgIpc) is 3.48. The van der Waals surface area contributed by atoms with Gasteiger partial charge in [0, 0.05) is 29.4 Å². The number of rotatable bonds is 4. The first kappa shape index (κ1) is 19.6. The van der Waals surface area contributed by atoms with E-state index < -0.39 is 0 Å². The fourth-order valence-electron chi connectivity index (χ4n) is 4.58. The summed E-state index contributed by atoms with van der Waals surface area (Å²) in [6, 6.07) is 11.9. The van der Waals surface area contributed by atoms with Crippen molar-refractivity contribution in [2.24, 2.45) is 5.92 Å². The predicted octanol–water partition coefficient (Wildman–Crippen LogP) is 5.08. The number of benzene rings is 1. The lowest BCUT2D eigenvalue weighted by Gasteiger charge is -2.20. The second-order valence-corrected chi connectivity index (χ2v) is 8.58. The number of carbonyl (C=O) groups excluding carboxylic acids is 1. The Morgan fingerprint density at radius 2 is 1.85 bits per heavy atom. The van der Waals surface area contributed by atoms with Gasteiger partial charge in [0.1, 0.15) is 5.69 Å². The van der Waals surface area contributed by atoms with Crippen LogP contribution in [0.5, 0.6) is 0 Å². The van der Waals surface area contributed by atoms with Crippen molar-refractivity contribution in [3.05, 3.63) is 55.0 Å². The molecule has 1 aromatic carbocycles. The van der Waals surface area contributed by atoms with Gasteiger partial charge in [-0.1, -0.05) is 31.4 Å². The molecule has 33 heavy (non-hydrogen) atoms.